The van der Waals surface area contributed by atoms with Crippen LogP contribution in [0.1, 0.15) is 11.1 Å². The molecule has 0 saturated heterocycles. The maximum absolute atomic E-state index is 12.4. The van der Waals surface area contributed by atoms with Gasteiger partial charge in [0.05, 0.1) is 17.7 Å². The molecule has 4 nitrogen and oxygen atoms in total. The number of anilines is 1. The van der Waals surface area contributed by atoms with Crippen molar-refractivity contribution in [3.63, 3.8) is 0 Å². The first kappa shape index (κ1) is 20.7. The molecule has 1 aliphatic heterocycles. The van der Waals surface area contributed by atoms with E-state index in [2.05, 4.69) is 5.32 Å². The number of thioether (sulfide) groups is 1. The summed E-state index contributed by atoms with van der Waals surface area (Å²) >= 11 is 13.6. The zero-order valence-corrected chi connectivity index (χ0v) is 18.3. The molecule has 0 aromatic heterocycles. The smallest absolute Gasteiger partial charge is 0.262 e. The number of carbonyl (C=O) groups excluding carboxylic acids is 1. The van der Waals surface area contributed by atoms with E-state index in [4.69, 9.17) is 32.7 Å². The highest BCUT2D eigenvalue weighted by Crippen LogP contribution is 2.39. The molecule has 30 heavy (non-hydrogen) atoms. The van der Waals surface area contributed by atoms with E-state index in [1.165, 1.54) is 11.8 Å². The van der Waals surface area contributed by atoms with E-state index >= 15 is 0 Å². The van der Waals surface area contributed by atoms with E-state index in [1.54, 1.807) is 19.2 Å². The maximum atomic E-state index is 12.4. The summed E-state index contributed by atoms with van der Waals surface area (Å²) in [5.74, 6) is 1.02. The molecular weight excluding hydrogens is 441 g/mol. The van der Waals surface area contributed by atoms with Gasteiger partial charge in [-0.2, -0.15) is 0 Å². The number of benzene rings is 3. The van der Waals surface area contributed by atoms with Crippen molar-refractivity contribution >= 4 is 52.6 Å². The summed E-state index contributed by atoms with van der Waals surface area (Å²) in [6, 6.07) is 18.5. The van der Waals surface area contributed by atoms with Crippen LogP contribution in [0.3, 0.4) is 0 Å². The third-order valence-electron chi connectivity index (χ3n) is 4.46. The van der Waals surface area contributed by atoms with Crippen LogP contribution in [0.25, 0.3) is 6.08 Å². The van der Waals surface area contributed by atoms with E-state index < -0.39 is 0 Å². The minimum absolute atomic E-state index is 0.129. The number of para-hydroxylation sites is 1. The van der Waals surface area contributed by atoms with E-state index in [0.717, 1.165) is 21.7 Å². The van der Waals surface area contributed by atoms with Gasteiger partial charge in [-0.05, 0) is 48.0 Å². The van der Waals surface area contributed by atoms with E-state index in [9.17, 15) is 4.79 Å². The first-order valence-electron chi connectivity index (χ1n) is 9.08. The van der Waals surface area contributed by atoms with Crippen LogP contribution in [-0.4, -0.2) is 13.0 Å². The Morgan fingerprint density at radius 1 is 1.03 bits per heavy atom. The second-order valence-electron chi connectivity index (χ2n) is 6.50. The SMILES string of the molecule is COc1cc(C=C2Sc3ccccc3NC2=O)ccc1OCc1ccc(Cl)cc1Cl. The van der Waals surface area contributed by atoms with Gasteiger partial charge in [0.15, 0.2) is 11.5 Å². The molecule has 3 aromatic carbocycles. The van der Waals surface area contributed by atoms with Crippen LogP contribution in [-0.2, 0) is 11.4 Å². The number of hydrogen-bond acceptors (Lipinski definition) is 4. The molecule has 0 radical (unpaired) electrons. The van der Waals surface area contributed by atoms with Crippen molar-refractivity contribution in [3.05, 3.63) is 86.7 Å². The zero-order valence-electron chi connectivity index (χ0n) is 15.9. The molecule has 0 unspecified atom stereocenters. The highest BCUT2D eigenvalue weighted by atomic mass is 35.5. The molecule has 0 fully saturated rings. The Balaban J connectivity index is 1.53. The van der Waals surface area contributed by atoms with Gasteiger partial charge in [0.2, 0.25) is 0 Å². The van der Waals surface area contributed by atoms with Gasteiger partial charge in [0.25, 0.3) is 5.91 Å². The quantitative estimate of drug-likeness (QED) is 0.434. The molecule has 7 heteroatoms. The topological polar surface area (TPSA) is 47.6 Å². The molecule has 1 amide bonds. The summed E-state index contributed by atoms with van der Waals surface area (Å²) in [6.07, 6.45) is 1.83. The Bertz CT molecular complexity index is 1150. The first-order valence-corrected chi connectivity index (χ1v) is 10.7. The molecule has 0 spiro atoms. The molecule has 0 aliphatic carbocycles. The van der Waals surface area contributed by atoms with Crippen molar-refractivity contribution in [1.29, 1.82) is 0 Å². The van der Waals surface area contributed by atoms with Crippen molar-refractivity contribution in [2.75, 3.05) is 12.4 Å². The van der Waals surface area contributed by atoms with Crippen LogP contribution >= 0.6 is 35.0 Å². The average molecular weight is 458 g/mol. The summed E-state index contributed by atoms with van der Waals surface area (Å²) in [6.45, 7) is 0.280. The Kier molecular flexibility index (Phi) is 6.23. The number of rotatable bonds is 5. The van der Waals surface area contributed by atoms with Crippen molar-refractivity contribution in [2.45, 2.75) is 11.5 Å². The largest absolute Gasteiger partial charge is 0.493 e. The van der Waals surface area contributed by atoms with Crippen molar-refractivity contribution in [3.8, 4) is 11.5 Å². The Hall–Kier alpha value is -2.60. The zero-order chi connectivity index (χ0) is 21.1. The summed E-state index contributed by atoms with van der Waals surface area (Å²) < 4.78 is 11.4. The van der Waals surface area contributed by atoms with Crippen LogP contribution in [0.5, 0.6) is 11.5 Å². The van der Waals surface area contributed by atoms with Crippen LogP contribution in [0.4, 0.5) is 5.69 Å². The number of amides is 1. The predicted octanol–water partition coefficient (Wildman–Crippen LogP) is 6.67. The Labute approximate surface area is 188 Å². The molecule has 0 bridgehead atoms. The van der Waals surface area contributed by atoms with E-state index in [0.29, 0.717) is 26.4 Å². The number of methoxy groups -OCH3 is 1. The number of halogens is 2. The Morgan fingerprint density at radius 3 is 2.67 bits per heavy atom. The predicted molar refractivity (Wildman–Crippen MR) is 123 cm³/mol. The lowest BCUT2D eigenvalue weighted by Gasteiger charge is -2.18. The minimum atomic E-state index is -0.129. The fourth-order valence-corrected chi connectivity index (χ4v) is 4.36. The Morgan fingerprint density at radius 2 is 1.87 bits per heavy atom. The molecule has 4 rings (SSSR count). The average Bonchev–Trinajstić information content (AvgIpc) is 2.74. The fraction of sp³-hybridized carbons (Fsp3) is 0.0870. The molecule has 3 aromatic rings. The number of fused-ring (bicyclic) bond motifs is 1. The normalized spacial score (nSPS) is 14.2. The maximum Gasteiger partial charge on any atom is 0.262 e. The minimum Gasteiger partial charge on any atom is -0.493 e. The van der Waals surface area contributed by atoms with Gasteiger partial charge >= 0.3 is 0 Å². The molecule has 0 saturated carbocycles. The van der Waals surface area contributed by atoms with Crippen molar-refractivity contribution in [1.82, 2.24) is 0 Å². The van der Waals surface area contributed by atoms with Gasteiger partial charge < -0.3 is 14.8 Å². The fourth-order valence-electron chi connectivity index (χ4n) is 2.94. The van der Waals surface area contributed by atoms with Gasteiger partial charge in [-0.25, -0.2) is 0 Å². The van der Waals surface area contributed by atoms with E-state index in [-0.39, 0.29) is 12.5 Å². The van der Waals surface area contributed by atoms with Crippen LogP contribution < -0.4 is 14.8 Å². The molecule has 1 N–H and O–H groups in total. The van der Waals surface area contributed by atoms with Crippen LogP contribution in [0, 0.1) is 0 Å². The second kappa shape index (κ2) is 9.04. The number of carbonyl (C=O) groups is 1. The van der Waals surface area contributed by atoms with Crippen LogP contribution in [0.15, 0.2) is 70.5 Å². The van der Waals surface area contributed by atoms with E-state index in [1.807, 2.05) is 54.6 Å². The molecular formula is C23H17Cl2NO3S. The number of nitrogens with one attached hydrogen (secondary N) is 1. The monoisotopic (exact) mass is 457 g/mol. The number of hydrogen-bond donors (Lipinski definition) is 1. The van der Waals surface area contributed by atoms with Gasteiger partial charge in [-0.1, -0.05) is 59.2 Å². The molecule has 152 valence electrons. The molecule has 1 heterocycles. The summed E-state index contributed by atoms with van der Waals surface area (Å²) in [5.41, 5.74) is 2.48. The summed E-state index contributed by atoms with van der Waals surface area (Å²) in [7, 11) is 1.58. The van der Waals surface area contributed by atoms with Gasteiger partial charge in [0, 0.05) is 20.5 Å². The summed E-state index contributed by atoms with van der Waals surface area (Å²) in [5, 5.41) is 4.03. The lowest BCUT2D eigenvalue weighted by atomic mass is 10.1. The first-order chi connectivity index (χ1) is 14.5. The van der Waals surface area contributed by atoms with Gasteiger partial charge in [0.1, 0.15) is 6.61 Å². The molecule has 0 atom stereocenters. The highest BCUT2D eigenvalue weighted by molar-refractivity contribution is 8.04. The highest BCUT2D eigenvalue weighted by Gasteiger charge is 2.20. The second-order valence-corrected chi connectivity index (χ2v) is 8.42. The summed E-state index contributed by atoms with van der Waals surface area (Å²) in [4.78, 5) is 14.0. The number of ether oxygens (including phenoxy) is 2. The molecule has 1 aliphatic rings. The standard InChI is InChI=1S/C23H17Cl2NO3S/c1-28-20-10-14(11-22-23(27)26-18-4-2-3-5-21(18)30-22)6-9-19(20)29-13-15-7-8-16(24)12-17(15)25/h2-12H,13H2,1H3,(H,26,27). The van der Waals surface area contributed by atoms with Crippen molar-refractivity contribution < 1.29 is 14.3 Å². The third kappa shape index (κ3) is 4.59. The third-order valence-corrected chi connectivity index (χ3v) is 6.15. The van der Waals surface area contributed by atoms with Gasteiger partial charge in [-0.15, -0.1) is 0 Å². The lowest BCUT2D eigenvalue weighted by molar-refractivity contribution is -0.112. The van der Waals surface area contributed by atoms with Gasteiger partial charge in [-0.3, -0.25) is 4.79 Å². The van der Waals surface area contributed by atoms with Crippen molar-refractivity contribution in [2.24, 2.45) is 0 Å². The lowest BCUT2D eigenvalue weighted by Crippen LogP contribution is -2.17. The van der Waals surface area contributed by atoms with Crippen LogP contribution in [0.2, 0.25) is 10.0 Å².